The molecule has 3 heterocycles. The van der Waals surface area contributed by atoms with Gasteiger partial charge in [-0.1, -0.05) is 24.3 Å². The minimum absolute atomic E-state index is 0.0470. The molecule has 1 saturated carbocycles. The van der Waals surface area contributed by atoms with Crippen LogP contribution in [0.1, 0.15) is 59.3 Å². The zero-order valence-electron chi connectivity index (χ0n) is 17.8. The quantitative estimate of drug-likeness (QED) is 0.504. The maximum atomic E-state index is 13.1. The molecule has 2 N–H and O–H groups in total. The van der Waals surface area contributed by atoms with Gasteiger partial charge in [-0.2, -0.15) is 5.10 Å². The lowest BCUT2D eigenvalue weighted by atomic mass is 9.88. The fraction of sp³-hybridized carbons (Fsp3) is 0.292. The monoisotopic (exact) mass is 442 g/mol. The Labute approximate surface area is 188 Å². The topological polar surface area (TPSA) is 115 Å². The second-order valence-corrected chi connectivity index (χ2v) is 8.68. The van der Waals surface area contributed by atoms with Crippen LogP contribution in [0, 0.1) is 0 Å². The number of nitrogens with zero attached hydrogens (tertiary/aromatic N) is 4. The molecule has 9 heteroatoms. The Morgan fingerprint density at radius 3 is 2.82 bits per heavy atom. The van der Waals surface area contributed by atoms with Crippen LogP contribution in [0.15, 0.2) is 58.4 Å². The van der Waals surface area contributed by atoms with Crippen molar-refractivity contribution < 1.29 is 4.79 Å². The van der Waals surface area contributed by atoms with Gasteiger partial charge >= 0.3 is 5.69 Å². The van der Waals surface area contributed by atoms with Crippen molar-refractivity contribution in [2.75, 3.05) is 5.32 Å². The van der Waals surface area contributed by atoms with Crippen LogP contribution < -0.4 is 16.6 Å². The number of aromatic amines is 1. The minimum Gasteiger partial charge on any atom is -0.307 e. The molecule has 9 nitrogen and oxygen atoms in total. The van der Waals surface area contributed by atoms with E-state index in [1.165, 1.54) is 28.0 Å². The Morgan fingerprint density at radius 1 is 1.12 bits per heavy atom. The number of rotatable bonds is 4. The molecule has 3 aromatic heterocycles. The number of aromatic nitrogens is 5. The van der Waals surface area contributed by atoms with Crippen LogP contribution in [-0.4, -0.2) is 30.2 Å². The molecule has 2 aliphatic carbocycles. The van der Waals surface area contributed by atoms with E-state index in [-0.39, 0.29) is 28.9 Å². The highest BCUT2D eigenvalue weighted by molar-refractivity contribution is 6.05. The van der Waals surface area contributed by atoms with E-state index in [0.29, 0.717) is 11.5 Å². The summed E-state index contributed by atoms with van der Waals surface area (Å²) in [6, 6.07) is 11.7. The Balaban J connectivity index is 1.33. The summed E-state index contributed by atoms with van der Waals surface area (Å²) in [6.45, 7) is 0. The van der Waals surface area contributed by atoms with E-state index in [4.69, 9.17) is 0 Å². The van der Waals surface area contributed by atoms with Crippen LogP contribution >= 0.6 is 0 Å². The summed E-state index contributed by atoms with van der Waals surface area (Å²) in [5.41, 5.74) is 2.08. The fourth-order valence-corrected chi connectivity index (χ4v) is 4.77. The molecule has 1 amide bonds. The van der Waals surface area contributed by atoms with Crippen LogP contribution in [0.2, 0.25) is 0 Å². The third kappa shape index (κ3) is 3.36. The lowest BCUT2D eigenvalue weighted by molar-refractivity contribution is 0.102. The lowest BCUT2D eigenvalue weighted by Gasteiger charge is -2.27. The van der Waals surface area contributed by atoms with Crippen molar-refractivity contribution in [1.82, 2.24) is 24.3 Å². The Kier molecular flexibility index (Phi) is 4.49. The highest BCUT2D eigenvalue weighted by Gasteiger charge is 2.28. The molecule has 0 saturated heterocycles. The van der Waals surface area contributed by atoms with Gasteiger partial charge in [0.05, 0.1) is 23.2 Å². The van der Waals surface area contributed by atoms with Gasteiger partial charge in [-0.05, 0) is 49.3 Å². The number of pyridine rings is 1. The van der Waals surface area contributed by atoms with Gasteiger partial charge in [-0.3, -0.25) is 19.1 Å². The number of amides is 1. The van der Waals surface area contributed by atoms with E-state index in [2.05, 4.69) is 32.5 Å². The zero-order valence-corrected chi connectivity index (χ0v) is 17.8. The number of H-pyrrole nitrogens is 1. The van der Waals surface area contributed by atoms with Gasteiger partial charge in [-0.15, -0.1) is 0 Å². The molecule has 0 spiro atoms. The van der Waals surface area contributed by atoms with Crippen LogP contribution in [0.5, 0.6) is 0 Å². The summed E-state index contributed by atoms with van der Waals surface area (Å²) in [7, 11) is 0. The Bertz CT molecular complexity index is 1510. The van der Waals surface area contributed by atoms with Crippen molar-refractivity contribution in [1.29, 1.82) is 0 Å². The van der Waals surface area contributed by atoms with Crippen molar-refractivity contribution in [2.24, 2.45) is 0 Å². The average Bonchev–Trinajstić information content (AvgIpc) is 3.56. The normalized spacial score (nSPS) is 17.6. The maximum absolute atomic E-state index is 13.1. The van der Waals surface area contributed by atoms with Crippen molar-refractivity contribution in [3.05, 3.63) is 86.3 Å². The fourth-order valence-electron chi connectivity index (χ4n) is 4.77. The number of aryl methyl sites for hydroxylation is 1. The number of anilines is 1. The van der Waals surface area contributed by atoms with E-state index in [1.54, 1.807) is 12.3 Å². The first-order valence-electron chi connectivity index (χ1n) is 11.2. The first-order chi connectivity index (χ1) is 16.1. The van der Waals surface area contributed by atoms with Crippen LogP contribution in [0.3, 0.4) is 0 Å². The van der Waals surface area contributed by atoms with Crippen LogP contribution in [0.4, 0.5) is 5.82 Å². The van der Waals surface area contributed by atoms with Gasteiger partial charge in [0.1, 0.15) is 11.5 Å². The second-order valence-electron chi connectivity index (χ2n) is 8.68. The second kappa shape index (κ2) is 7.54. The standard InChI is InChI=1S/C24H22N6O3/c31-22(15-12-18-21(25-13-15)29(16-8-9-16)24(33)28-23(18)32)27-20-10-11-26-30(20)19-7-3-5-14-4-1-2-6-17(14)19/h1-2,4,6,10-13,16,19H,3,5,7-9H2,(H,27,31)(H,28,32,33). The Hall–Kier alpha value is -4.01. The summed E-state index contributed by atoms with van der Waals surface area (Å²) in [5.74, 6) is 0.192. The molecule has 1 aromatic carbocycles. The molecule has 0 bridgehead atoms. The number of nitrogens with one attached hydrogen (secondary N) is 2. The highest BCUT2D eigenvalue weighted by atomic mass is 16.2. The summed E-state index contributed by atoms with van der Waals surface area (Å²) >= 11 is 0. The number of carbonyl (C=O) groups is 1. The van der Waals surface area contributed by atoms with Crippen molar-refractivity contribution in [3.8, 4) is 0 Å². The summed E-state index contributed by atoms with van der Waals surface area (Å²) in [4.78, 5) is 44.4. The molecule has 166 valence electrons. The first-order valence-corrected chi connectivity index (χ1v) is 11.2. The molecular formula is C24H22N6O3. The number of hydrogen-bond donors (Lipinski definition) is 2. The van der Waals surface area contributed by atoms with Gasteiger partial charge < -0.3 is 5.32 Å². The molecule has 4 aromatic rings. The van der Waals surface area contributed by atoms with E-state index in [9.17, 15) is 14.4 Å². The molecule has 33 heavy (non-hydrogen) atoms. The predicted molar refractivity (Wildman–Crippen MR) is 123 cm³/mol. The number of fused-ring (bicyclic) bond motifs is 2. The van der Waals surface area contributed by atoms with Gasteiger partial charge in [0.15, 0.2) is 0 Å². The molecular weight excluding hydrogens is 420 g/mol. The molecule has 2 aliphatic rings. The molecule has 0 radical (unpaired) electrons. The molecule has 1 fully saturated rings. The highest BCUT2D eigenvalue weighted by Crippen LogP contribution is 2.35. The molecule has 6 rings (SSSR count). The number of hydrogen-bond acceptors (Lipinski definition) is 5. The summed E-state index contributed by atoms with van der Waals surface area (Å²) in [6.07, 6.45) is 7.86. The Morgan fingerprint density at radius 2 is 1.97 bits per heavy atom. The van der Waals surface area contributed by atoms with Crippen molar-refractivity contribution in [2.45, 2.75) is 44.2 Å². The van der Waals surface area contributed by atoms with Crippen LogP contribution in [-0.2, 0) is 6.42 Å². The van der Waals surface area contributed by atoms with Crippen molar-refractivity contribution in [3.63, 3.8) is 0 Å². The maximum Gasteiger partial charge on any atom is 0.330 e. The summed E-state index contributed by atoms with van der Waals surface area (Å²) in [5, 5.41) is 7.64. The smallest absolute Gasteiger partial charge is 0.307 e. The lowest BCUT2D eigenvalue weighted by Crippen LogP contribution is -2.30. The number of benzene rings is 1. The van der Waals surface area contributed by atoms with Gasteiger partial charge in [0.25, 0.3) is 11.5 Å². The van der Waals surface area contributed by atoms with E-state index < -0.39 is 11.2 Å². The molecule has 1 unspecified atom stereocenters. The van der Waals surface area contributed by atoms with Gasteiger partial charge in [0.2, 0.25) is 0 Å². The first kappa shape index (κ1) is 19.7. The van der Waals surface area contributed by atoms with E-state index in [1.807, 2.05) is 16.8 Å². The van der Waals surface area contributed by atoms with Gasteiger partial charge in [-0.25, -0.2) is 14.5 Å². The van der Waals surface area contributed by atoms with Crippen LogP contribution in [0.25, 0.3) is 11.0 Å². The van der Waals surface area contributed by atoms with Crippen molar-refractivity contribution >= 4 is 22.8 Å². The largest absolute Gasteiger partial charge is 0.330 e. The molecule has 0 aliphatic heterocycles. The predicted octanol–water partition coefficient (Wildman–Crippen LogP) is 2.79. The third-order valence-electron chi connectivity index (χ3n) is 6.50. The molecule has 1 atom stereocenters. The summed E-state index contributed by atoms with van der Waals surface area (Å²) < 4.78 is 3.36. The van der Waals surface area contributed by atoms with Gasteiger partial charge in [0, 0.05) is 18.3 Å². The van der Waals surface area contributed by atoms with E-state index >= 15 is 0 Å². The average molecular weight is 442 g/mol. The zero-order chi connectivity index (χ0) is 22.5. The van der Waals surface area contributed by atoms with E-state index in [0.717, 1.165) is 32.1 Å². The SMILES string of the molecule is O=C(Nc1ccnn1C1CCCc2ccccc21)c1cnc2c(c1)c(=O)[nH]c(=O)n2C1CC1. The minimum atomic E-state index is -0.544. The number of carbonyl (C=O) groups excluding carboxylic acids is 1. The third-order valence-corrected chi connectivity index (χ3v) is 6.50.